The van der Waals surface area contributed by atoms with Crippen molar-refractivity contribution in [2.45, 2.75) is 13.2 Å². The second kappa shape index (κ2) is 8.09. The van der Waals surface area contributed by atoms with Crippen molar-refractivity contribution in [2.75, 3.05) is 12.5 Å². The number of benzene rings is 2. The van der Waals surface area contributed by atoms with Gasteiger partial charge in [0, 0.05) is 21.2 Å². The minimum absolute atomic E-state index is 0.235. The number of nitrogens with zero attached hydrogens (tertiary/aromatic N) is 3. The van der Waals surface area contributed by atoms with E-state index >= 15 is 0 Å². The predicted octanol–water partition coefficient (Wildman–Crippen LogP) is 3.92. The first kappa shape index (κ1) is 17.4. The van der Waals surface area contributed by atoms with Gasteiger partial charge < -0.3 is 14.9 Å². The van der Waals surface area contributed by atoms with Gasteiger partial charge in [-0.3, -0.25) is 0 Å². The molecule has 3 aromatic rings. The van der Waals surface area contributed by atoms with E-state index in [1.54, 1.807) is 42.6 Å². The van der Waals surface area contributed by atoms with Crippen molar-refractivity contribution in [1.29, 1.82) is 0 Å². The number of hydrogen-bond donors (Lipinski definition) is 1. The van der Waals surface area contributed by atoms with Crippen molar-refractivity contribution < 1.29 is 9.47 Å². The van der Waals surface area contributed by atoms with Gasteiger partial charge in [0.15, 0.2) is 11.5 Å². The maximum absolute atomic E-state index is 6.21. The number of para-hydroxylation sites is 1. The topological polar surface area (TPSA) is 61.2 Å². The van der Waals surface area contributed by atoms with Crippen LogP contribution in [-0.2, 0) is 13.2 Å². The van der Waals surface area contributed by atoms with Gasteiger partial charge in [-0.05, 0) is 18.2 Å². The van der Waals surface area contributed by atoms with Crippen molar-refractivity contribution in [1.82, 2.24) is 14.9 Å². The summed E-state index contributed by atoms with van der Waals surface area (Å²) in [6, 6.07) is 11.0. The van der Waals surface area contributed by atoms with Crippen LogP contribution in [0.15, 0.2) is 49.1 Å². The summed E-state index contributed by atoms with van der Waals surface area (Å²) in [6.45, 7) is 0.735. The van der Waals surface area contributed by atoms with E-state index in [-0.39, 0.29) is 6.61 Å². The third-order valence-corrected chi connectivity index (χ3v) is 4.28. The normalized spacial score (nSPS) is 10.5. The molecule has 6 nitrogen and oxygen atoms in total. The minimum Gasteiger partial charge on any atom is -0.493 e. The maximum atomic E-state index is 6.21. The maximum Gasteiger partial charge on any atom is 0.166 e. The lowest BCUT2D eigenvalue weighted by Gasteiger charge is -2.17. The summed E-state index contributed by atoms with van der Waals surface area (Å²) in [5, 5.41) is 8.63. The number of ether oxygens (including phenoxy) is 2. The second-order valence-electron chi connectivity index (χ2n) is 5.14. The molecule has 0 aliphatic rings. The molecule has 0 saturated carbocycles. The Kier molecular flexibility index (Phi) is 5.63. The van der Waals surface area contributed by atoms with Crippen molar-refractivity contribution in [3.63, 3.8) is 0 Å². The second-order valence-corrected chi connectivity index (χ2v) is 5.96. The summed E-state index contributed by atoms with van der Waals surface area (Å²) in [5.41, 5.74) is 4.80. The molecule has 0 bridgehead atoms. The highest BCUT2D eigenvalue weighted by Gasteiger charge is 2.13. The van der Waals surface area contributed by atoms with Crippen molar-refractivity contribution in [2.24, 2.45) is 0 Å². The molecule has 0 saturated heterocycles. The molecule has 0 unspecified atom stereocenters. The number of rotatable bonds is 7. The highest BCUT2D eigenvalue weighted by atomic mass is 35.5. The van der Waals surface area contributed by atoms with Gasteiger partial charge in [0.25, 0.3) is 0 Å². The monoisotopic (exact) mass is 378 g/mol. The van der Waals surface area contributed by atoms with Crippen molar-refractivity contribution in [3.8, 4) is 11.5 Å². The molecule has 0 radical (unpaired) electrons. The Hall–Kier alpha value is -2.44. The molecule has 2 aromatic carbocycles. The average molecular weight is 379 g/mol. The zero-order valence-corrected chi connectivity index (χ0v) is 15.0. The molecule has 0 amide bonds. The van der Waals surface area contributed by atoms with Crippen LogP contribution in [0.2, 0.25) is 10.0 Å². The fourth-order valence-electron chi connectivity index (χ4n) is 2.30. The molecule has 3 rings (SSSR count). The molecule has 8 heteroatoms. The van der Waals surface area contributed by atoms with E-state index in [0.29, 0.717) is 28.1 Å². The first-order valence-corrected chi connectivity index (χ1v) is 8.24. The van der Waals surface area contributed by atoms with Crippen LogP contribution >= 0.6 is 23.2 Å². The fourth-order valence-corrected chi connectivity index (χ4v) is 2.80. The van der Waals surface area contributed by atoms with Crippen LogP contribution in [0.4, 0.5) is 0 Å². The molecular weight excluding hydrogens is 363 g/mol. The number of hydrogen-bond acceptors (Lipinski definition) is 5. The Bertz CT molecular complexity index is 820. The predicted molar refractivity (Wildman–Crippen MR) is 96.9 cm³/mol. The molecule has 0 spiro atoms. The molecule has 0 atom stereocenters. The smallest absolute Gasteiger partial charge is 0.166 e. The van der Waals surface area contributed by atoms with Crippen molar-refractivity contribution >= 4 is 23.2 Å². The lowest BCUT2D eigenvalue weighted by molar-refractivity contribution is 0.281. The summed E-state index contributed by atoms with van der Waals surface area (Å²) in [6.07, 6.45) is 3.15. The summed E-state index contributed by atoms with van der Waals surface area (Å²) in [5.74, 6) is 1.26. The molecule has 1 N–H and O–H groups in total. The van der Waals surface area contributed by atoms with Crippen LogP contribution in [0.1, 0.15) is 11.1 Å². The Balaban J connectivity index is 1.81. The minimum atomic E-state index is 0.235. The summed E-state index contributed by atoms with van der Waals surface area (Å²) >= 11 is 12.4. The number of nitrogens with one attached hydrogen (secondary N) is 1. The van der Waals surface area contributed by atoms with Crippen LogP contribution in [-0.4, -0.2) is 22.0 Å². The Morgan fingerprint density at radius 1 is 1.04 bits per heavy atom. The molecule has 1 heterocycles. The Morgan fingerprint density at radius 3 is 2.40 bits per heavy atom. The quantitative estimate of drug-likeness (QED) is 0.674. The Labute approximate surface area is 155 Å². The molecule has 25 heavy (non-hydrogen) atoms. The van der Waals surface area contributed by atoms with Crippen LogP contribution in [0.25, 0.3) is 0 Å². The van der Waals surface area contributed by atoms with Gasteiger partial charge >= 0.3 is 0 Å². The summed E-state index contributed by atoms with van der Waals surface area (Å²) < 4.78 is 13.1. The first-order chi connectivity index (χ1) is 12.2. The average Bonchev–Trinajstić information content (AvgIpc) is 3.13. The molecule has 0 aliphatic heterocycles. The Morgan fingerprint density at radius 2 is 1.72 bits per heavy atom. The van der Waals surface area contributed by atoms with Gasteiger partial charge in [0.05, 0.1) is 13.7 Å². The van der Waals surface area contributed by atoms with Gasteiger partial charge in [-0.15, -0.1) is 10.2 Å². The standard InChI is InChI=1S/C17H16Cl2N4O2/c1-24-16-7-2-4-12(8-22-23-10-20-21-11-23)17(16)25-9-13-14(18)5-3-6-15(13)19/h2-7,10-11,22H,8-9H2,1H3. The van der Waals surface area contributed by atoms with Crippen molar-refractivity contribution in [3.05, 3.63) is 70.2 Å². The van der Waals surface area contributed by atoms with E-state index in [4.69, 9.17) is 32.7 Å². The van der Waals surface area contributed by atoms with E-state index in [2.05, 4.69) is 15.6 Å². The highest BCUT2D eigenvalue weighted by Crippen LogP contribution is 2.33. The van der Waals surface area contributed by atoms with Crippen LogP contribution in [0.5, 0.6) is 11.5 Å². The van der Waals surface area contributed by atoms with Gasteiger partial charge in [0.1, 0.15) is 19.3 Å². The van der Waals surface area contributed by atoms with Gasteiger partial charge in [-0.25, -0.2) is 4.68 Å². The van der Waals surface area contributed by atoms with Crippen LogP contribution < -0.4 is 14.9 Å². The van der Waals surface area contributed by atoms with E-state index in [1.807, 2.05) is 18.2 Å². The first-order valence-electron chi connectivity index (χ1n) is 7.49. The van der Waals surface area contributed by atoms with E-state index in [9.17, 15) is 0 Å². The zero-order chi connectivity index (χ0) is 17.6. The van der Waals surface area contributed by atoms with E-state index in [1.165, 1.54) is 0 Å². The molecule has 130 valence electrons. The number of halogens is 2. The van der Waals surface area contributed by atoms with E-state index < -0.39 is 0 Å². The van der Waals surface area contributed by atoms with Crippen LogP contribution in [0, 0.1) is 0 Å². The van der Waals surface area contributed by atoms with Gasteiger partial charge in [0.2, 0.25) is 0 Å². The summed E-state index contributed by atoms with van der Waals surface area (Å²) in [4.78, 5) is 0. The third-order valence-electron chi connectivity index (χ3n) is 3.57. The number of aromatic nitrogens is 3. The molecule has 0 aliphatic carbocycles. The number of methoxy groups -OCH3 is 1. The molecule has 1 aromatic heterocycles. The van der Waals surface area contributed by atoms with Gasteiger partial charge in [-0.2, -0.15) is 0 Å². The highest BCUT2D eigenvalue weighted by molar-refractivity contribution is 6.35. The third kappa shape index (κ3) is 4.15. The lowest BCUT2D eigenvalue weighted by Crippen LogP contribution is -2.13. The van der Waals surface area contributed by atoms with Crippen LogP contribution in [0.3, 0.4) is 0 Å². The SMILES string of the molecule is COc1cccc(CNn2cnnc2)c1OCc1c(Cl)cccc1Cl. The summed E-state index contributed by atoms with van der Waals surface area (Å²) in [7, 11) is 1.60. The largest absolute Gasteiger partial charge is 0.493 e. The molecule has 0 fully saturated rings. The molecular formula is C17H16Cl2N4O2. The van der Waals surface area contributed by atoms with E-state index in [0.717, 1.165) is 11.1 Å². The van der Waals surface area contributed by atoms with Gasteiger partial charge in [-0.1, -0.05) is 41.4 Å². The fraction of sp³-hybridized carbons (Fsp3) is 0.176. The lowest BCUT2D eigenvalue weighted by atomic mass is 10.2. The zero-order valence-electron chi connectivity index (χ0n) is 13.4.